The Labute approximate surface area is 213 Å². The van der Waals surface area contributed by atoms with E-state index in [-0.39, 0.29) is 24.6 Å². The molecule has 1 heterocycles. The third-order valence-electron chi connectivity index (χ3n) is 6.03. The van der Waals surface area contributed by atoms with Crippen molar-refractivity contribution in [2.45, 2.75) is 77.2 Å². The summed E-state index contributed by atoms with van der Waals surface area (Å²) < 4.78 is 28.5. The van der Waals surface area contributed by atoms with Gasteiger partial charge in [0.2, 0.25) is 0 Å². The number of hydrogen-bond acceptors (Lipinski definition) is 7. The van der Waals surface area contributed by atoms with Crippen LogP contribution in [0.2, 0.25) is 0 Å². The molecule has 2 aromatic rings. The number of benzene rings is 2. The zero-order valence-electron chi connectivity index (χ0n) is 21.3. The Morgan fingerprint density at radius 2 is 1.53 bits per heavy atom. The van der Waals surface area contributed by atoms with Gasteiger partial charge in [0, 0.05) is 12.5 Å². The van der Waals surface area contributed by atoms with Crippen molar-refractivity contribution in [2.24, 2.45) is 0 Å². The SMILES string of the molecule is COc1ccc(COC2CCC(=O)O[C@H](C)CC[C@H](OCc3ccccc3)/C=C\C(=O)O[C@@H]2C)cc1. The van der Waals surface area contributed by atoms with Crippen LogP contribution in [0.25, 0.3) is 0 Å². The van der Waals surface area contributed by atoms with Gasteiger partial charge >= 0.3 is 11.9 Å². The number of carbonyl (C=O) groups is 2. The third-order valence-corrected chi connectivity index (χ3v) is 6.03. The zero-order chi connectivity index (χ0) is 25.8. The second-order valence-corrected chi connectivity index (χ2v) is 8.95. The minimum absolute atomic E-state index is 0.170. The van der Waals surface area contributed by atoms with Gasteiger partial charge in [-0.2, -0.15) is 0 Å². The number of rotatable bonds is 7. The van der Waals surface area contributed by atoms with Gasteiger partial charge in [0.25, 0.3) is 0 Å². The first kappa shape index (κ1) is 27.4. The Balaban J connectivity index is 1.65. The van der Waals surface area contributed by atoms with Gasteiger partial charge in [0.05, 0.1) is 38.6 Å². The van der Waals surface area contributed by atoms with Gasteiger partial charge < -0.3 is 23.7 Å². The predicted molar refractivity (Wildman–Crippen MR) is 135 cm³/mol. The molecule has 0 bridgehead atoms. The Morgan fingerprint density at radius 1 is 0.833 bits per heavy atom. The van der Waals surface area contributed by atoms with Crippen LogP contribution >= 0.6 is 0 Å². The number of cyclic esters (lactones) is 2. The molecule has 0 amide bonds. The monoisotopic (exact) mass is 496 g/mol. The molecule has 0 N–H and O–H groups in total. The molecule has 0 saturated heterocycles. The second-order valence-electron chi connectivity index (χ2n) is 8.95. The van der Waals surface area contributed by atoms with Crippen LogP contribution in [0, 0.1) is 0 Å². The summed E-state index contributed by atoms with van der Waals surface area (Å²) in [6.45, 7) is 4.37. The molecule has 1 aliphatic rings. The minimum atomic E-state index is -0.558. The predicted octanol–water partition coefficient (Wildman–Crippen LogP) is 5.16. The number of ether oxygens (including phenoxy) is 5. The first-order valence-electron chi connectivity index (χ1n) is 12.4. The van der Waals surface area contributed by atoms with E-state index in [2.05, 4.69) is 0 Å². The molecule has 0 radical (unpaired) electrons. The molecule has 0 fully saturated rings. The Morgan fingerprint density at radius 3 is 2.25 bits per heavy atom. The molecule has 3 rings (SSSR count). The molecule has 194 valence electrons. The molecule has 1 unspecified atom stereocenters. The largest absolute Gasteiger partial charge is 0.497 e. The number of methoxy groups -OCH3 is 1. The Hall–Kier alpha value is -3.16. The van der Waals surface area contributed by atoms with Gasteiger partial charge in [-0.15, -0.1) is 0 Å². The van der Waals surface area contributed by atoms with E-state index >= 15 is 0 Å². The average Bonchev–Trinajstić information content (AvgIpc) is 2.88. The molecule has 0 spiro atoms. The lowest BCUT2D eigenvalue weighted by Crippen LogP contribution is -2.32. The molecule has 7 nitrogen and oxygen atoms in total. The summed E-state index contributed by atoms with van der Waals surface area (Å²) in [7, 11) is 1.61. The zero-order valence-corrected chi connectivity index (χ0v) is 21.3. The van der Waals surface area contributed by atoms with E-state index in [1.165, 1.54) is 6.08 Å². The quantitative estimate of drug-likeness (QED) is 0.490. The molecule has 7 heteroatoms. The Kier molecular flexibility index (Phi) is 11.0. The second kappa shape index (κ2) is 14.4. The van der Waals surface area contributed by atoms with Gasteiger partial charge in [0.15, 0.2) is 0 Å². The number of hydrogen-bond donors (Lipinski definition) is 0. The Bertz CT molecular complexity index is 971. The molecule has 4 atom stereocenters. The first-order chi connectivity index (χ1) is 17.4. The van der Waals surface area contributed by atoms with Crippen molar-refractivity contribution < 1.29 is 33.3 Å². The fraction of sp³-hybridized carbons (Fsp3) is 0.448. The van der Waals surface area contributed by atoms with Gasteiger partial charge in [0.1, 0.15) is 11.9 Å². The van der Waals surface area contributed by atoms with Crippen LogP contribution in [0.5, 0.6) is 5.75 Å². The lowest BCUT2D eigenvalue weighted by Gasteiger charge is -2.25. The van der Waals surface area contributed by atoms with Gasteiger partial charge in [-0.25, -0.2) is 4.79 Å². The van der Waals surface area contributed by atoms with Crippen LogP contribution < -0.4 is 4.74 Å². The highest BCUT2D eigenvalue weighted by atomic mass is 16.6. The molecule has 0 saturated carbocycles. The van der Waals surface area contributed by atoms with Crippen molar-refractivity contribution in [1.82, 2.24) is 0 Å². The molecule has 0 aliphatic carbocycles. The summed E-state index contributed by atoms with van der Waals surface area (Å²) >= 11 is 0. The van der Waals surface area contributed by atoms with Crippen LogP contribution in [-0.2, 0) is 41.8 Å². The third kappa shape index (κ3) is 9.47. The van der Waals surface area contributed by atoms with Crippen LogP contribution in [0.4, 0.5) is 0 Å². The summed E-state index contributed by atoms with van der Waals surface area (Å²) in [4.78, 5) is 25.0. The van der Waals surface area contributed by atoms with E-state index in [9.17, 15) is 9.59 Å². The maximum Gasteiger partial charge on any atom is 0.330 e. The molecular formula is C29H36O7. The van der Waals surface area contributed by atoms with Crippen LogP contribution in [-0.4, -0.2) is 43.5 Å². The van der Waals surface area contributed by atoms with Crippen molar-refractivity contribution in [1.29, 1.82) is 0 Å². The van der Waals surface area contributed by atoms with Gasteiger partial charge in [-0.05, 0) is 62.4 Å². The smallest absolute Gasteiger partial charge is 0.330 e. The topological polar surface area (TPSA) is 80.3 Å². The van der Waals surface area contributed by atoms with Crippen LogP contribution in [0.3, 0.4) is 0 Å². The maximum atomic E-state index is 12.6. The molecule has 36 heavy (non-hydrogen) atoms. The van der Waals surface area contributed by atoms with Crippen molar-refractivity contribution in [3.63, 3.8) is 0 Å². The summed E-state index contributed by atoms with van der Waals surface area (Å²) in [5.41, 5.74) is 1.99. The molecule has 0 aromatic heterocycles. The lowest BCUT2D eigenvalue weighted by molar-refractivity contribution is -0.154. The van der Waals surface area contributed by atoms with Crippen molar-refractivity contribution >= 4 is 11.9 Å². The van der Waals surface area contributed by atoms with Crippen LogP contribution in [0.1, 0.15) is 50.7 Å². The lowest BCUT2D eigenvalue weighted by atomic mass is 10.1. The number of esters is 2. The summed E-state index contributed by atoms with van der Waals surface area (Å²) in [5, 5.41) is 0. The van der Waals surface area contributed by atoms with E-state index < -0.39 is 18.2 Å². The highest BCUT2D eigenvalue weighted by molar-refractivity contribution is 5.82. The summed E-state index contributed by atoms with van der Waals surface area (Å²) in [5.74, 6) is -0.0104. The van der Waals surface area contributed by atoms with E-state index in [1.54, 1.807) is 20.1 Å². The van der Waals surface area contributed by atoms with E-state index in [1.807, 2.05) is 61.5 Å². The molecular weight excluding hydrogens is 460 g/mol. The van der Waals surface area contributed by atoms with Crippen LogP contribution in [0.15, 0.2) is 66.7 Å². The maximum absolute atomic E-state index is 12.6. The summed E-state index contributed by atoms with van der Waals surface area (Å²) in [6.07, 6.45) is 3.27. The fourth-order valence-corrected chi connectivity index (χ4v) is 3.88. The van der Waals surface area contributed by atoms with E-state index in [0.29, 0.717) is 32.5 Å². The number of carbonyl (C=O) groups excluding carboxylic acids is 2. The molecule has 2 aromatic carbocycles. The fourth-order valence-electron chi connectivity index (χ4n) is 3.88. The normalized spacial score (nSPS) is 24.8. The van der Waals surface area contributed by atoms with Gasteiger partial charge in [-0.3, -0.25) is 4.79 Å². The first-order valence-corrected chi connectivity index (χ1v) is 12.4. The highest BCUT2D eigenvalue weighted by Crippen LogP contribution is 2.19. The van der Waals surface area contributed by atoms with Gasteiger partial charge in [-0.1, -0.05) is 42.5 Å². The minimum Gasteiger partial charge on any atom is -0.497 e. The standard InChI is InChI=1S/C29H36O7/c1-21-9-12-26(33-19-23-7-5-4-6-8-23)15-17-29(31)36-22(2)27(16-18-28(30)35-21)34-20-24-10-13-25(32-3)14-11-24/h4-8,10-11,13-15,17,21-22,26-27H,9,12,16,18-20H2,1-3H3/b17-15-/t21-,22-,26+,27?/m1/s1. The van der Waals surface area contributed by atoms with E-state index in [0.717, 1.165) is 16.9 Å². The van der Waals surface area contributed by atoms with E-state index in [4.69, 9.17) is 23.7 Å². The molecule has 1 aliphatic heterocycles. The highest BCUT2D eigenvalue weighted by Gasteiger charge is 2.24. The van der Waals surface area contributed by atoms with Crippen molar-refractivity contribution in [3.05, 3.63) is 77.9 Å². The average molecular weight is 497 g/mol. The summed E-state index contributed by atoms with van der Waals surface area (Å²) in [6, 6.07) is 17.4. The van der Waals surface area contributed by atoms with Crippen molar-refractivity contribution in [3.8, 4) is 5.75 Å². The van der Waals surface area contributed by atoms with Crippen molar-refractivity contribution in [2.75, 3.05) is 7.11 Å².